The first kappa shape index (κ1) is 17.4. The monoisotopic (exact) mass is 139 g/mol. The average molecular weight is 139 g/mol. The van der Waals surface area contributed by atoms with Gasteiger partial charge in [-0.05, 0) is 0 Å². The summed E-state index contributed by atoms with van der Waals surface area (Å²) in [6.45, 7) is 0. The second kappa shape index (κ2) is 8.82. The maximum Gasteiger partial charge on any atom is 2.00 e. The maximum absolute atomic E-state index is 8.25. The molecule has 2 N–H and O–H groups in total. The number of hydrogen-bond acceptors (Lipinski definition) is 3. The Kier molecular flexibility index (Phi) is 25.5. The van der Waals surface area contributed by atoms with Gasteiger partial charge in [0, 0.05) is 0 Å². The largest absolute Gasteiger partial charge is 2.00 e. The van der Waals surface area contributed by atoms with Crippen LogP contribution in [0.4, 0.5) is 0 Å². The van der Waals surface area contributed by atoms with Gasteiger partial charge in [-0.2, -0.15) is 0 Å². The van der Waals surface area contributed by atoms with Gasteiger partial charge in [0.1, 0.15) is 0 Å². The fourth-order valence-electron chi connectivity index (χ4n) is 0. The average Bonchev–Trinajstić information content (AvgIpc) is 0.811. The van der Waals surface area contributed by atoms with Gasteiger partial charge >= 0.3 is 16.8 Å². The first-order valence-electron chi connectivity index (χ1n) is 0.548. The summed E-state index contributed by atoms with van der Waals surface area (Å²) in [7, 11) is 0. The molecule has 0 bridgehead atoms. The summed E-state index contributed by atoms with van der Waals surface area (Å²) in [5.41, 5.74) is 0. The molecule has 0 fully saturated rings. The van der Waals surface area contributed by atoms with Crippen LogP contribution in [0.5, 0.6) is 0 Å². The molecule has 0 spiro atoms. The zero-order chi connectivity index (χ0) is 3.58. The summed E-state index contributed by atoms with van der Waals surface area (Å²) >= 11 is 0. The van der Waals surface area contributed by atoms with E-state index in [2.05, 4.69) is 0 Å². The predicted octanol–water partition coefficient (Wildman–Crippen LogP) is -1.07. The number of hydrogen-bond donors (Lipinski definition) is 0. The molecule has 39 valence electrons. The zero-order valence-corrected chi connectivity index (χ0v) is 3.55. The molecule has 0 rings (SSSR count). The van der Waals surface area contributed by atoms with E-state index in [0.717, 1.165) is 0 Å². The molecule has 0 aliphatic heterocycles. The van der Waals surface area contributed by atoms with Gasteiger partial charge in [0.15, 0.2) is 0 Å². The van der Waals surface area contributed by atoms with Crippen molar-refractivity contribution < 1.29 is 27.3 Å². The molecule has 0 aromatic rings. The van der Waals surface area contributed by atoms with Crippen molar-refractivity contribution in [3.63, 3.8) is 0 Å². The molecule has 0 atom stereocenters. The molecule has 6 heteroatoms. The second-order valence-corrected chi connectivity index (χ2v) is 0.224. The normalized spacial score (nSPS) is 4.00. The maximum atomic E-state index is 8.25. The Morgan fingerprint density at radius 1 is 1.33 bits per heavy atom. The van der Waals surface area contributed by atoms with Crippen molar-refractivity contribution in [3.05, 3.63) is 15.3 Å². The molecule has 0 aliphatic rings. The van der Waals surface area contributed by atoms with Crippen molar-refractivity contribution in [2.45, 2.75) is 0 Å². The van der Waals surface area contributed by atoms with Crippen molar-refractivity contribution in [2.24, 2.45) is 0 Å². The third-order valence-corrected chi connectivity index (χ3v) is 0. The first-order valence-corrected chi connectivity index (χ1v) is 0.548. The molecule has 0 heterocycles. The Hall–Kier alpha value is -0.334. The Morgan fingerprint density at radius 3 is 1.33 bits per heavy atom. The minimum Gasteiger partial charge on any atom is -0.412 e. The van der Waals surface area contributed by atoms with E-state index in [1.165, 1.54) is 0 Å². The third-order valence-electron chi connectivity index (χ3n) is 0. The van der Waals surface area contributed by atoms with Crippen LogP contribution in [0.15, 0.2) is 0 Å². The SMILES string of the molecule is O.O=[N+]([O-])[O-].[Co+2]. The van der Waals surface area contributed by atoms with E-state index in [4.69, 9.17) is 15.3 Å². The van der Waals surface area contributed by atoms with E-state index in [-0.39, 0.29) is 22.3 Å². The number of rotatable bonds is 0. The first-order chi connectivity index (χ1) is 1.73. The third kappa shape index (κ3) is 234. The van der Waals surface area contributed by atoms with Crippen LogP contribution in [0.1, 0.15) is 0 Å². The van der Waals surface area contributed by atoms with Gasteiger partial charge in [0.2, 0.25) is 0 Å². The van der Waals surface area contributed by atoms with E-state index in [1.54, 1.807) is 0 Å². The Morgan fingerprint density at radius 2 is 1.33 bits per heavy atom. The summed E-state index contributed by atoms with van der Waals surface area (Å²) in [6.07, 6.45) is 0. The number of nitrogens with zero attached hydrogens (tertiary/aromatic N) is 1. The molecule has 0 saturated carbocycles. The minimum absolute atomic E-state index is 0. The summed E-state index contributed by atoms with van der Waals surface area (Å²) in [5.74, 6) is 0. The van der Waals surface area contributed by atoms with Crippen molar-refractivity contribution >= 4 is 0 Å². The molecule has 0 aromatic heterocycles. The molecule has 0 aromatic carbocycles. The molecule has 0 saturated heterocycles. The van der Waals surface area contributed by atoms with Crippen LogP contribution in [-0.4, -0.2) is 10.6 Å². The molecule has 0 unspecified atom stereocenters. The van der Waals surface area contributed by atoms with Gasteiger partial charge < -0.3 is 20.8 Å². The summed E-state index contributed by atoms with van der Waals surface area (Å²) < 4.78 is 0. The van der Waals surface area contributed by atoms with Crippen LogP contribution < -0.4 is 0 Å². The summed E-state index contributed by atoms with van der Waals surface area (Å²) in [5, 5.41) is 14.8. The van der Waals surface area contributed by atoms with E-state index < -0.39 is 5.09 Å². The van der Waals surface area contributed by atoms with Crippen molar-refractivity contribution in [1.29, 1.82) is 0 Å². The van der Waals surface area contributed by atoms with Crippen LogP contribution in [0, 0.1) is 15.3 Å². The standard InChI is InChI=1S/Co.NO3.H2O/c;2-1(3)4;/h;;1H2/q+2;-1;. The van der Waals surface area contributed by atoms with Gasteiger partial charge in [0.25, 0.3) is 0 Å². The Balaban J connectivity index is -0.0000000450. The van der Waals surface area contributed by atoms with Crippen LogP contribution in [0.25, 0.3) is 0 Å². The van der Waals surface area contributed by atoms with Gasteiger partial charge in [0.05, 0.1) is 5.09 Å². The Labute approximate surface area is 43.6 Å². The van der Waals surface area contributed by atoms with Crippen LogP contribution in [-0.2, 0) is 16.8 Å². The molecular formula is H2CoNO4+. The summed E-state index contributed by atoms with van der Waals surface area (Å²) in [4.78, 5) is 8.25. The molecule has 6 heavy (non-hydrogen) atoms. The molecule has 5 nitrogen and oxygen atoms in total. The quantitative estimate of drug-likeness (QED) is 0.315. The fourth-order valence-corrected chi connectivity index (χ4v) is 0. The minimum atomic E-state index is -1.75. The second-order valence-electron chi connectivity index (χ2n) is 0.224. The van der Waals surface area contributed by atoms with E-state index in [0.29, 0.717) is 0 Å². The van der Waals surface area contributed by atoms with E-state index in [1.807, 2.05) is 0 Å². The predicted molar refractivity (Wildman–Crippen MR) is 14.0 cm³/mol. The van der Waals surface area contributed by atoms with E-state index in [9.17, 15) is 0 Å². The van der Waals surface area contributed by atoms with E-state index >= 15 is 0 Å². The van der Waals surface area contributed by atoms with Crippen LogP contribution >= 0.6 is 0 Å². The molecule has 0 aliphatic carbocycles. The summed E-state index contributed by atoms with van der Waals surface area (Å²) in [6, 6.07) is 0. The van der Waals surface area contributed by atoms with Gasteiger partial charge in [-0.25, -0.2) is 0 Å². The van der Waals surface area contributed by atoms with Crippen molar-refractivity contribution in [2.75, 3.05) is 0 Å². The molecule has 0 amide bonds. The van der Waals surface area contributed by atoms with Gasteiger partial charge in [-0.1, -0.05) is 0 Å². The fraction of sp³-hybridized carbons (Fsp3) is 0. The van der Waals surface area contributed by atoms with Crippen LogP contribution in [0.3, 0.4) is 0 Å². The Bertz CT molecular complexity index is 30.5. The zero-order valence-electron chi connectivity index (χ0n) is 2.51. The van der Waals surface area contributed by atoms with Crippen molar-refractivity contribution in [1.82, 2.24) is 0 Å². The molecule has 1 radical (unpaired) electrons. The topological polar surface area (TPSA) is 97.7 Å². The van der Waals surface area contributed by atoms with Gasteiger partial charge in [-0.3, -0.25) is 0 Å². The smallest absolute Gasteiger partial charge is 0.412 e. The van der Waals surface area contributed by atoms with Crippen molar-refractivity contribution in [3.8, 4) is 0 Å². The van der Waals surface area contributed by atoms with Gasteiger partial charge in [-0.15, -0.1) is 0 Å². The molecular weight excluding hydrogens is 137 g/mol. The van der Waals surface area contributed by atoms with Crippen LogP contribution in [0.2, 0.25) is 0 Å².